The second-order valence-electron chi connectivity index (χ2n) is 5.91. The van der Waals surface area contributed by atoms with Gasteiger partial charge in [0.25, 0.3) is 0 Å². The number of rotatable bonds is 2. The minimum atomic E-state index is 0.0482. The molecule has 0 saturated carbocycles. The van der Waals surface area contributed by atoms with Crippen LogP contribution < -0.4 is 0 Å². The van der Waals surface area contributed by atoms with Gasteiger partial charge in [-0.15, -0.1) is 0 Å². The molecule has 102 valence electrons. The van der Waals surface area contributed by atoms with Crippen LogP contribution in [0.1, 0.15) is 50.5 Å². The number of carbonyl (C=O) groups excluding carboxylic acids is 1. The zero-order valence-corrected chi connectivity index (χ0v) is 12.4. The Kier molecular flexibility index (Phi) is 3.21. The lowest BCUT2D eigenvalue weighted by molar-refractivity contribution is 0.0959. The first-order chi connectivity index (χ1) is 9.58. The molecule has 0 amide bonds. The normalized spacial score (nSPS) is 17.1. The first-order valence-electron chi connectivity index (χ1n) is 7.28. The van der Waals surface area contributed by atoms with Gasteiger partial charge >= 0.3 is 0 Å². The van der Waals surface area contributed by atoms with Gasteiger partial charge in [-0.2, -0.15) is 0 Å². The summed E-state index contributed by atoms with van der Waals surface area (Å²) in [7, 11) is 0. The quantitative estimate of drug-likeness (QED) is 0.729. The average molecular weight is 264 g/mol. The highest BCUT2D eigenvalue weighted by Crippen LogP contribution is 2.36. The molecular formula is C19H20O. The van der Waals surface area contributed by atoms with Gasteiger partial charge in [0.1, 0.15) is 0 Å². The van der Waals surface area contributed by atoms with Crippen LogP contribution in [0.25, 0.3) is 0 Å². The van der Waals surface area contributed by atoms with E-state index in [1.165, 1.54) is 22.3 Å². The van der Waals surface area contributed by atoms with Crippen molar-refractivity contribution in [2.45, 2.75) is 39.5 Å². The van der Waals surface area contributed by atoms with Crippen LogP contribution in [-0.2, 0) is 6.42 Å². The molecule has 1 unspecified atom stereocenters. The van der Waals surface area contributed by atoms with E-state index in [2.05, 4.69) is 44.2 Å². The topological polar surface area (TPSA) is 17.1 Å². The molecule has 0 spiro atoms. The molecule has 0 bridgehead atoms. The van der Waals surface area contributed by atoms with E-state index >= 15 is 0 Å². The van der Waals surface area contributed by atoms with Gasteiger partial charge in [-0.25, -0.2) is 0 Å². The maximum absolute atomic E-state index is 12.9. The number of aryl methyl sites for hydroxylation is 4. The fourth-order valence-electron chi connectivity index (χ4n) is 3.24. The van der Waals surface area contributed by atoms with Gasteiger partial charge in [0.05, 0.1) is 0 Å². The molecule has 1 nitrogen and oxygen atoms in total. The molecule has 20 heavy (non-hydrogen) atoms. The number of hydrogen-bond acceptors (Lipinski definition) is 1. The van der Waals surface area contributed by atoms with Gasteiger partial charge in [-0.3, -0.25) is 4.79 Å². The Hall–Kier alpha value is -1.89. The average Bonchev–Trinajstić information content (AvgIpc) is 2.86. The molecule has 0 aliphatic heterocycles. The third-order valence-corrected chi connectivity index (χ3v) is 4.56. The van der Waals surface area contributed by atoms with Crippen molar-refractivity contribution in [1.82, 2.24) is 0 Å². The van der Waals surface area contributed by atoms with Crippen LogP contribution in [0.5, 0.6) is 0 Å². The van der Waals surface area contributed by atoms with Gasteiger partial charge in [-0.1, -0.05) is 30.3 Å². The molecule has 2 aromatic carbocycles. The fourth-order valence-corrected chi connectivity index (χ4v) is 3.24. The first-order valence-corrected chi connectivity index (χ1v) is 7.28. The van der Waals surface area contributed by atoms with Crippen molar-refractivity contribution >= 4 is 5.78 Å². The van der Waals surface area contributed by atoms with E-state index in [0.717, 1.165) is 24.0 Å². The molecule has 0 heterocycles. The predicted molar refractivity (Wildman–Crippen MR) is 82.5 cm³/mol. The Morgan fingerprint density at radius 1 is 1.00 bits per heavy atom. The summed E-state index contributed by atoms with van der Waals surface area (Å²) in [6.45, 7) is 6.22. The molecule has 3 rings (SSSR count). The van der Waals surface area contributed by atoms with Crippen molar-refractivity contribution in [2.75, 3.05) is 0 Å². The molecular weight excluding hydrogens is 244 g/mol. The standard InChI is InChI=1S/C19H20O/c1-12-10-14(3)18(11-13(12)2)19(20)17-9-8-15-6-4-5-7-16(15)17/h4-7,10-11,17H,8-9H2,1-3H3. The fraction of sp³-hybridized carbons (Fsp3) is 0.316. The number of carbonyl (C=O) groups is 1. The first kappa shape index (κ1) is 13.1. The zero-order valence-electron chi connectivity index (χ0n) is 12.4. The van der Waals surface area contributed by atoms with E-state index in [0.29, 0.717) is 0 Å². The molecule has 1 aliphatic rings. The Morgan fingerprint density at radius 3 is 2.50 bits per heavy atom. The number of fused-ring (bicyclic) bond motifs is 1. The van der Waals surface area contributed by atoms with E-state index in [1.807, 2.05) is 13.0 Å². The van der Waals surface area contributed by atoms with Gasteiger partial charge < -0.3 is 0 Å². The number of hydrogen-bond donors (Lipinski definition) is 0. The van der Waals surface area contributed by atoms with Crippen molar-refractivity contribution in [1.29, 1.82) is 0 Å². The third kappa shape index (κ3) is 2.07. The highest BCUT2D eigenvalue weighted by Gasteiger charge is 2.29. The maximum atomic E-state index is 12.9. The zero-order chi connectivity index (χ0) is 14.3. The monoisotopic (exact) mass is 264 g/mol. The lowest BCUT2D eigenvalue weighted by Crippen LogP contribution is -2.12. The Labute approximate surface area is 120 Å². The Morgan fingerprint density at radius 2 is 1.70 bits per heavy atom. The molecule has 0 fully saturated rings. The maximum Gasteiger partial charge on any atom is 0.170 e. The van der Waals surface area contributed by atoms with E-state index in [1.54, 1.807) is 0 Å². The van der Waals surface area contributed by atoms with Gasteiger partial charge in [-0.05, 0) is 67.5 Å². The summed E-state index contributed by atoms with van der Waals surface area (Å²) in [6.07, 6.45) is 1.97. The highest BCUT2D eigenvalue weighted by molar-refractivity contribution is 6.03. The van der Waals surface area contributed by atoms with E-state index in [-0.39, 0.29) is 11.7 Å². The molecule has 1 atom stereocenters. The van der Waals surface area contributed by atoms with Crippen molar-refractivity contribution < 1.29 is 4.79 Å². The van der Waals surface area contributed by atoms with Gasteiger partial charge in [0.2, 0.25) is 0 Å². The largest absolute Gasteiger partial charge is 0.293 e. The molecule has 2 aromatic rings. The Bertz CT molecular complexity index is 682. The Balaban J connectivity index is 2.01. The lowest BCUT2D eigenvalue weighted by atomic mass is 9.88. The molecule has 0 saturated heterocycles. The van der Waals surface area contributed by atoms with Crippen molar-refractivity contribution in [3.63, 3.8) is 0 Å². The highest BCUT2D eigenvalue weighted by atomic mass is 16.1. The van der Waals surface area contributed by atoms with Crippen LogP contribution in [0.3, 0.4) is 0 Å². The van der Waals surface area contributed by atoms with Gasteiger partial charge in [0, 0.05) is 11.5 Å². The molecule has 0 aromatic heterocycles. The van der Waals surface area contributed by atoms with E-state index in [9.17, 15) is 4.79 Å². The minimum absolute atomic E-state index is 0.0482. The number of benzene rings is 2. The predicted octanol–water partition coefficient (Wildman–Crippen LogP) is 4.52. The smallest absolute Gasteiger partial charge is 0.170 e. The van der Waals surface area contributed by atoms with Crippen molar-refractivity contribution in [2.24, 2.45) is 0 Å². The summed E-state index contributed by atoms with van der Waals surface area (Å²) in [5.41, 5.74) is 7.02. The summed E-state index contributed by atoms with van der Waals surface area (Å²) < 4.78 is 0. The summed E-state index contributed by atoms with van der Waals surface area (Å²) in [6, 6.07) is 12.6. The molecule has 0 N–H and O–H groups in total. The van der Waals surface area contributed by atoms with Gasteiger partial charge in [0.15, 0.2) is 5.78 Å². The van der Waals surface area contributed by atoms with Crippen LogP contribution in [-0.4, -0.2) is 5.78 Å². The summed E-state index contributed by atoms with van der Waals surface area (Å²) >= 11 is 0. The summed E-state index contributed by atoms with van der Waals surface area (Å²) in [4.78, 5) is 12.9. The van der Waals surface area contributed by atoms with Crippen molar-refractivity contribution in [3.8, 4) is 0 Å². The SMILES string of the molecule is Cc1cc(C)c(C(=O)C2CCc3ccccc32)cc1C. The van der Waals surface area contributed by atoms with E-state index in [4.69, 9.17) is 0 Å². The van der Waals surface area contributed by atoms with Crippen LogP contribution >= 0.6 is 0 Å². The van der Waals surface area contributed by atoms with Crippen LogP contribution in [0.15, 0.2) is 36.4 Å². The van der Waals surface area contributed by atoms with Crippen molar-refractivity contribution in [3.05, 3.63) is 69.8 Å². The third-order valence-electron chi connectivity index (χ3n) is 4.56. The minimum Gasteiger partial charge on any atom is -0.293 e. The van der Waals surface area contributed by atoms with Crippen LogP contribution in [0.2, 0.25) is 0 Å². The molecule has 1 heteroatoms. The van der Waals surface area contributed by atoms with E-state index < -0.39 is 0 Å². The number of ketones is 1. The summed E-state index contributed by atoms with van der Waals surface area (Å²) in [5.74, 6) is 0.336. The van der Waals surface area contributed by atoms with Crippen LogP contribution in [0.4, 0.5) is 0 Å². The second-order valence-corrected chi connectivity index (χ2v) is 5.91. The van der Waals surface area contributed by atoms with Crippen LogP contribution in [0, 0.1) is 20.8 Å². The lowest BCUT2D eigenvalue weighted by Gasteiger charge is -2.14. The molecule has 1 aliphatic carbocycles. The summed E-state index contributed by atoms with van der Waals surface area (Å²) in [5, 5.41) is 0. The molecule has 0 radical (unpaired) electrons. The second kappa shape index (κ2) is 4.90. The number of Topliss-reactive ketones (excluding diaryl/α,β-unsaturated/α-hetero) is 1.